The molecule has 0 atom stereocenters. The number of hydrogen-bond donors (Lipinski definition) is 0. The van der Waals surface area contributed by atoms with Gasteiger partial charge in [-0.05, 0) is 48.7 Å². The Balaban J connectivity index is 1.48. The van der Waals surface area contributed by atoms with E-state index in [1.54, 1.807) is 30.2 Å². The van der Waals surface area contributed by atoms with Gasteiger partial charge in [0.1, 0.15) is 5.75 Å². The maximum Gasteiger partial charge on any atom is 0.249 e. The van der Waals surface area contributed by atoms with E-state index in [1.807, 2.05) is 42.5 Å². The summed E-state index contributed by atoms with van der Waals surface area (Å²) in [5.41, 5.74) is 1.57. The quantitative estimate of drug-likeness (QED) is 0.533. The second-order valence-corrected chi connectivity index (χ2v) is 7.20. The van der Waals surface area contributed by atoms with Crippen LogP contribution in [0.2, 0.25) is 5.02 Å². The molecule has 2 aromatic carbocycles. The first-order chi connectivity index (χ1) is 14.1. The van der Waals surface area contributed by atoms with Crippen molar-refractivity contribution in [2.75, 3.05) is 7.11 Å². The van der Waals surface area contributed by atoms with Crippen LogP contribution in [0, 0.1) is 0 Å². The summed E-state index contributed by atoms with van der Waals surface area (Å²) < 4.78 is 11.0. The summed E-state index contributed by atoms with van der Waals surface area (Å²) in [6.07, 6.45) is 5.30. The highest BCUT2D eigenvalue weighted by Crippen LogP contribution is 2.30. The molecule has 0 spiro atoms. The van der Waals surface area contributed by atoms with Gasteiger partial charge in [-0.1, -0.05) is 35.9 Å². The molecule has 1 fully saturated rings. The molecule has 0 N–H and O–H groups in total. The third kappa shape index (κ3) is 4.66. The molecule has 0 saturated heterocycles. The molecule has 1 aromatic heterocycles. The number of amides is 1. The number of carbonyl (C=O) groups excluding carboxylic acids is 1. The van der Waals surface area contributed by atoms with E-state index in [9.17, 15) is 4.79 Å². The van der Waals surface area contributed by atoms with Crippen molar-refractivity contribution in [3.8, 4) is 17.2 Å². The average molecular weight is 410 g/mol. The first kappa shape index (κ1) is 19.2. The number of hydrogen-bond acceptors (Lipinski definition) is 5. The van der Waals surface area contributed by atoms with Crippen LogP contribution in [0.1, 0.15) is 24.3 Å². The molecular formula is C22H20ClN3O3. The number of rotatable bonds is 7. The fourth-order valence-corrected chi connectivity index (χ4v) is 3.20. The minimum Gasteiger partial charge on any atom is -0.497 e. The molecule has 7 heteroatoms. The van der Waals surface area contributed by atoms with E-state index in [-0.39, 0.29) is 18.5 Å². The molecule has 3 aromatic rings. The van der Waals surface area contributed by atoms with Crippen molar-refractivity contribution < 1.29 is 13.9 Å². The minimum atomic E-state index is -0.0900. The minimum absolute atomic E-state index is 0.0900. The van der Waals surface area contributed by atoms with Crippen molar-refractivity contribution in [1.29, 1.82) is 0 Å². The van der Waals surface area contributed by atoms with Crippen molar-refractivity contribution in [3.05, 3.63) is 71.1 Å². The molecule has 29 heavy (non-hydrogen) atoms. The van der Waals surface area contributed by atoms with E-state index in [0.29, 0.717) is 22.4 Å². The lowest BCUT2D eigenvalue weighted by molar-refractivity contribution is -0.127. The van der Waals surface area contributed by atoms with Gasteiger partial charge in [-0.2, -0.15) is 0 Å². The zero-order valence-corrected chi connectivity index (χ0v) is 16.7. The predicted molar refractivity (Wildman–Crippen MR) is 110 cm³/mol. The van der Waals surface area contributed by atoms with Crippen molar-refractivity contribution in [2.45, 2.75) is 25.4 Å². The Labute approximate surface area is 173 Å². The van der Waals surface area contributed by atoms with E-state index in [0.717, 1.165) is 24.2 Å². The third-order valence-electron chi connectivity index (χ3n) is 4.66. The monoisotopic (exact) mass is 409 g/mol. The van der Waals surface area contributed by atoms with Gasteiger partial charge in [-0.3, -0.25) is 4.79 Å². The van der Waals surface area contributed by atoms with Gasteiger partial charge in [0.15, 0.2) is 0 Å². The number of halogens is 1. The van der Waals surface area contributed by atoms with Crippen LogP contribution in [0.15, 0.2) is 59.0 Å². The van der Waals surface area contributed by atoms with E-state index < -0.39 is 0 Å². The molecule has 1 aliphatic rings. The zero-order valence-electron chi connectivity index (χ0n) is 15.9. The highest BCUT2D eigenvalue weighted by molar-refractivity contribution is 6.33. The topological polar surface area (TPSA) is 68.5 Å². The largest absolute Gasteiger partial charge is 0.497 e. The number of benzene rings is 2. The average Bonchev–Trinajstić information content (AvgIpc) is 3.48. The predicted octanol–water partition coefficient (Wildman–Crippen LogP) is 4.60. The van der Waals surface area contributed by atoms with Gasteiger partial charge < -0.3 is 14.1 Å². The number of ether oxygens (including phenoxy) is 1. The van der Waals surface area contributed by atoms with Gasteiger partial charge in [0.2, 0.25) is 17.7 Å². The Morgan fingerprint density at radius 2 is 2.07 bits per heavy atom. The first-order valence-electron chi connectivity index (χ1n) is 9.34. The molecule has 0 unspecified atom stereocenters. The van der Waals surface area contributed by atoms with Crippen molar-refractivity contribution in [3.63, 3.8) is 0 Å². The molecule has 0 radical (unpaired) electrons. The lowest BCUT2D eigenvalue weighted by Crippen LogP contribution is -2.31. The van der Waals surface area contributed by atoms with Crippen molar-refractivity contribution in [2.24, 2.45) is 0 Å². The van der Waals surface area contributed by atoms with Crippen LogP contribution >= 0.6 is 11.6 Å². The van der Waals surface area contributed by atoms with Gasteiger partial charge in [-0.15, -0.1) is 10.2 Å². The van der Waals surface area contributed by atoms with Crippen LogP contribution in [-0.4, -0.2) is 34.2 Å². The summed E-state index contributed by atoms with van der Waals surface area (Å²) >= 11 is 6.20. The Hall–Kier alpha value is -3.12. The fourth-order valence-electron chi connectivity index (χ4n) is 2.99. The Morgan fingerprint density at radius 3 is 2.83 bits per heavy atom. The number of methoxy groups -OCH3 is 1. The molecule has 1 heterocycles. The number of carbonyl (C=O) groups is 1. The van der Waals surface area contributed by atoms with E-state index in [4.69, 9.17) is 20.8 Å². The van der Waals surface area contributed by atoms with Gasteiger partial charge >= 0.3 is 0 Å². The third-order valence-corrected chi connectivity index (χ3v) is 4.99. The van der Waals surface area contributed by atoms with Gasteiger partial charge in [0, 0.05) is 12.1 Å². The fraction of sp³-hybridized carbons (Fsp3) is 0.227. The molecule has 0 bridgehead atoms. The summed E-state index contributed by atoms with van der Waals surface area (Å²) in [6, 6.07) is 15.0. The number of aromatic nitrogens is 2. The van der Waals surface area contributed by atoms with Crippen LogP contribution in [0.4, 0.5) is 0 Å². The SMILES string of the molecule is COc1cccc(/C=C/C(=O)N(Cc2nnc(-c3ccccc3Cl)o2)C2CC2)c1. The smallest absolute Gasteiger partial charge is 0.249 e. The molecule has 6 nitrogen and oxygen atoms in total. The van der Waals surface area contributed by atoms with Crippen LogP contribution in [0.5, 0.6) is 5.75 Å². The Kier molecular flexibility index (Phi) is 5.62. The molecular weight excluding hydrogens is 390 g/mol. The van der Waals surface area contributed by atoms with Crippen LogP contribution in [0.25, 0.3) is 17.5 Å². The molecule has 1 amide bonds. The van der Waals surface area contributed by atoms with E-state index in [2.05, 4.69) is 10.2 Å². The summed E-state index contributed by atoms with van der Waals surface area (Å²) in [6.45, 7) is 0.267. The summed E-state index contributed by atoms with van der Waals surface area (Å²) in [7, 11) is 1.62. The molecule has 4 rings (SSSR count). The van der Waals surface area contributed by atoms with Crippen LogP contribution in [-0.2, 0) is 11.3 Å². The van der Waals surface area contributed by atoms with Crippen LogP contribution in [0.3, 0.4) is 0 Å². The lowest BCUT2D eigenvalue weighted by Gasteiger charge is -2.18. The zero-order chi connectivity index (χ0) is 20.2. The molecule has 1 saturated carbocycles. The normalized spacial score (nSPS) is 13.6. The maximum atomic E-state index is 12.8. The highest BCUT2D eigenvalue weighted by Gasteiger charge is 2.32. The lowest BCUT2D eigenvalue weighted by atomic mass is 10.2. The molecule has 1 aliphatic carbocycles. The Morgan fingerprint density at radius 1 is 1.24 bits per heavy atom. The second-order valence-electron chi connectivity index (χ2n) is 6.79. The van der Waals surface area contributed by atoms with Crippen LogP contribution < -0.4 is 4.74 Å². The van der Waals surface area contributed by atoms with Crippen molar-refractivity contribution in [1.82, 2.24) is 15.1 Å². The van der Waals surface area contributed by atoms with E-state index in [1.165, 1.54) is 0 Å². The van der Waals surface area contributed by atoms with Gasteiger partial charge in [-0.25, -0.2) is 0 Å². The van der Waals surface area contributed by atoms with E-state index >= 15 is 0 Å². The first-order valence-corrected chi connectivity index (χ1v) is 9.72. The Bertz CT molecular complexity index is 1040. The molecule has 148 valence electrons. The van der Waals surface area contributed by atoms with Crippen molar-refractivity contribution >= 4 is 23.6 Å². The van der Waals surface area contributed by atoms with Gasteiger partial charge in [0.25, 0.3) is 0 Å². The summed E-state index contributed by atoms with van der Waals surface area (Å²) in [5, 5.41) is 8.72. The summed E-state index contributed by atoms with van der Waals surface area (Å²) in [5.74, 6) is 1.39. The second kappa shape index (κ2) is 8.49. The molecule has 0 aliphatic heterocycles. The van der Waals surface area contributed by atoms with Gasteiger partial charge in [0.05, 0.1) is 24.2 Å². The standard InChI is InChI=1S/C22H20ClN3O3/c1-28-17-6-4-5-15(13-17)9-12-21(27)26(16-10-11-16)14-20-24-25-22(29-20)18-7-2-3-8-19(18)23/h2-9,12-13,16H,10-11,14H2,1H3/b12-9+. The summed E-state index contributed by atoms with van der Waals surface area (Å²) in [4.78, 5) is 14.5. The number of nitrogens with zero attached hydrogens (tertiary/aromatic N) is 3. The highest BCUT2D eigenvalue weighted by atomic mass is 35.5. The maximum absolute atomic E-state index is 12.8.